The number of carbonyl (C=O) groups excluding carboxylic acids is 1. The van der Waals surface area contributed by atoms with E-state index in [9.17, 15) is 9.59 Å². The van der Waals surface area contributed by atoms with Gasteiger partial charge in [0, 0.05) is 41.6 Å². The van der Waals surface area contributed by atoms with Crippen molar-refractivity contribution in [3.8, 4) is 0 Å². The molecule has 0 bridgehead atoms. The van der Waals surface area contributed by atoms with Gasteiger partial charge in [-0.25, -0.2) is 0 Å². The number of aromatic amines is 1. The van der Waals surface area contributed by atoms with E-state index < -0.39 is 0 Å². The molecule has 0 saturated carbocycles. The number of H-pyrrole nitrogens is 1. The van der Waals surface area contributed by atoms with Gasteiger partial charge in [0.15, 0.2) is 5.43 Å². The van der Waals surface area contributed by atoms with E-state index in [4.69, 9.17) is 23.2 Å². The molecule has 1 aromatic carbocycles. The van der Waals surface area contributed by atoms with Gasteiger partial charge < -0.3 is 9.88 Å². The van der Waals surface area contributed by atoms with Crippen molar-refractivity contribution in [3.63, 3.8) is 0 Å². The average molecular weight is 325 g/mol. The van der Waals surface area contributed by atoms with Gasteiger partial charge in [-0.05, 0) is 24.6 Å². The normalized spacial score (nSPS) is 10.5. The summed E-state index contributed by atoms with van der Waals surface area (Å²) < 4.78 is 0. The van der Waals surface area contributed by atoms with Gasteiger partial charge in [-0.15, -0.1) is 0 Å². The molecular weight excluding hydrogens is 311 g/mol. The molecule has 1 heterocycles. The van der Waals surface area contributed by atoms with Crippen LogP contribution in [0.25, 0.3) is 0 Å². The average Bonchev–Trinajstić information content (AvgIpc) is 2.41. The summed E-state index contributed by atoms with van der Waals surface area (Å²) in [5, 5.41) is 1.02. The molecule has 21 heavy (non-hydrogen) atoms. The standard InChI is InChI=1S/C15H14Cl2N2O2/c1-9-5-14(20)12(7-18-9)15(21)19(2)8-10-3-4-11(16)6-13(10)17/h3-7H,8H2,1-2H3,(H,18,20). The van der Waals surface area contributed by atoms with Crippen LogP contribution in [-0.4, -0.2) is 22.8 Å². The van der Waals surface area contributed by atoms with Gasteiger partial charge in [0.05, 0.1) is 0 Å². The molecule has 2 rings (SSSR count). The van der Waals surface area contributed by atoms with E-state index in [-0.39, 0.29) is 16.9 Å². The second-order valence-electron chi connectivity index (χ2n) is 4.79. The third kappa shape index (κ3) is 3.65. The Kier molecular flexibility index (Phi) is 4.70. The lowest BCUT2D eigenvalue weighted by molar-refractivity contribution is 0.0783. The third-order valence-electron chi connectivity index (χ3n) is 3.06. The number of nitrogens with zero attached hydrogens (tertiary/aromatic N) is 1. The summed E-state index contributed by atoms with van der Waals surface area (Å²) in [7, 11) is 1.62. The van der Waals surface area contributed by atoms with Crippen molar-refractivity contribution >= 4 is 29.1 Å². The Bertz CT molecular complexity index is 741. The van der Waals surface area contributed by atoms with Gasteiger partial charge in [-0.2, -0.15) is 0 Å². The lowest BCUT2D eigenvalue weighted by Crippen LogP contribution is -2.30. The summed E-state index contributed by atoms with van der Waals surface area (Å²) >= 11 is 11.9. The molecule has 0 aliphatic heterocycles. The van der Waals surface area contributed by atoms with E-state index in [1.54, 1.807) is 32.2 Å². The van der Waals surface area contributed by atoms with Crippen LogP contribution in [0.15, 0.2) is 35.3 Å². The van der Waals surface area contributed by atoms with E-state index >= 15 is 0 Å². The first kappa shape index (κ1) is 15.6. The summed E-state index contributed by atoms with van der Waals surface area (Å²) in [5.41, 5.74) is 1.28. The van der Waals surface area contributed by atoms with Crippen LogP contribution < -0.4 is 5.43 Å². The van der Waals surface area contributed by atoms with Gasteiger partial charge in [-0.1, -0.05) is 29.3 Å². The van der Waals surface area contributed by atoms with Crippen molar-refractivity contribution in [3.05, 3.63) is 67.6 Å². The summed E-state index contributed by atoms with van der Waals surface area (Å²) in [5.74, 6) is -0.359. The molecule has 0 unspecified atom stereocenters. The van der Waals surface area contributed by atoms with E-state index in [1.807, 2.05) is 0 Å². The van der Waals surface area contributed by atoms with Crippen LogP contribution in [0.3, 0.4) is 0 Å². The zero-order chi connectivity index (χ0) is 15.6. The smallest absolute Gasteiger partial charge is 0.259 e. The van der Waals surface area contributed by atoms with Gasteiger partial charge in [0.25, 0.3) is 5.91 Å². The maximum atomic E-state index is 12.3. The molecule has 1 aromatic heterocycles. The summed E-state index contributed by atoms with van der Waals surface area (Å²) in [4.78, 5) is 28.4. The predicted octanol–water partition coefficient (Wildman–Crippen LogP) is 3.26. The Morgan fingerprint density at radius 1 is 1.29 bits per heavy atom. The number of amides is 1. The monoisotopic (exact) mass is 324 g/mol. The minimum atomic E-state index is -0.359. The maximum Gasteiger partial charge on any atom is 0.259 e. The van der Waals surface area contributed by atoms with Gasteiger partial charge in [-0.3, -0.25) is 9.59 Å². The molecule has 6 heteroatoms. The molecule has 0 aliphatic rings. The van der Waals surface area contributed by atoms with Crippen LogP contribution in [0, 0.1) is 6.92 Å². The first-order chi connectivity index (χ1) is 9.88. The number of hydrogen-bond donors (Lipinski definition) is 1. The lowest BCUT2D eigenvalue weighted by atomic mass is 10.2. The van der Waals surface area contributed by atoms with E-state index in [0.717, 1.165) is 5.56 Å². The van der Waals surface area contributed by atoms with Crippen LogP contribution in [0.5, 0.6) is 0 Å². The fourth-order valence-electron chi connectivity index (χ4n) is 1.92. The fraction of sp³-hybridized carbons (Fsp3) is 0.200. The largest absolute Gasteiger partial charge is 0.364 e. The molecule has 4 nitrogen and oxygen atoms in total. The molecule has 0 spiro atoms. The van der Waals surface area contributed by atoms with Crippen molar-refractivity contribution in [1.29, 1.82) is 0 Å². The Morgan fingerprint density at radius 3 is 2.62 bits per heavy atom. The van der Waals surface area contributed by atoms with Gasteiger partial charge in [0.1, 0.15) is 5.56 Å². The van der Waals surface area contributed by atoms with Crippen molar-refractivity contribution in [1.82, 2.24) is 9.88 Å². The minimum absolute atomic E-state index is 0.105. The maximum absolute atomic E-state index is 12.3. The van der Waals surface area contributed by atoms with E-state index in [1.165, 1.54) is 17.2 Å². The van der Waals surface area contributed by atoms with Crippen LogP contribution >= 0.6 is 23.2 Å². The minimum Gasteiger partial charge on any atom is -0.364 e. The lowest BCUT2D eigenvalue weighted by Gasteiger charge is -2.18. The molecule has 110 valence electrons. The van der Waals surface area contributed by atoms with Crippen LogP contribution in [0.4, 0.5) is 0 Å². The quantitative estimate of drug-likeness (QED) is 0.942. The number of halogens is 2. The zero-order valence-corrected chi connectivity index (χ0v) is 13.1. The van der Waals surface area contributed by atoms with Crippen molar-refractivity contribution in [2.45, 2.75) is 13.5 Å². The number of carbonyl (C=O) groups is 1. The molecule has 1 amide bonds. The van der Waals surface area contributed by atoms with Crippen LogP contribution in [0.1, 0.15) is 21.6 Å². The number of nitrogens with one attached hydrogen (secondary N) is 1. The second kappa shape index (κ2) is 6.33. The molecular formula is C15H14Cl2N2O2. The van der Waals surface area contributed by atoms with Crippen LogP contribution in [-0.2, 0) is 6.54 Å². The number of aryl methyl sites for hydroxylation is 1. The second-order valence-corrected chi connectivity index (χ2v) is 5.63. The Morgan fingerprint density at radius 2 is 2.00 bits per heavy atom. The SMILES string of the molecule is Cc1cc(=O)c(C(=O)N(C)Cc2ccc(Cl)cc2Cl)c[nH]1. The molecule has 0 fully saturated rings. The first-order valence-corrected chi connectivity index (χ1v) is 7.03. The summed E-state index contributed by atoms with van der Waals surface area (Å²) in [6, 6.07) is 6.49. The number of pyridine rings is 1. The predicted molar refractivity (Wildman–Crippen MR) is 84.1 cm³/mol. The van der Waals surface area contributed by atoms with Gasteiger partial charge in [0.2, 0.25) is 0 Å². The highest BCUT2D eigenvalue weighted by atomic mass is 35.5. The molecule has 0 radical (unpaired) electrons. The summed E-state index contributed by atoms with van der Waals surface area (Å²) in [6.45, 7) is 2.05. The number of hydrogen-bond acceptors (Lipinski definition) is 2. The molecule has 0 saturated heterocycles. The Hall–Kier alpha value is -1.78. The fourth-order valence-corrected chi connectivity index (χ4v) is 2.39. The molecule has 0 aliphatic carbocycles. The molecule has 1 N–H and O–H groups in total. The highest BCUT2D eigenvalue weighted by molar-refractivity contribution is 6.35. The number of benzene rings is 1. The first-order valence-electron chi connectivity index (χ1n) is 6.27. The Balaban J connectivity index is 2.21. The Labute approximate surface area is 132 Å². The highest BCUT2D eigenvalue weighted by Gasteiger charge is 2.16. The summed E-state index contributed by atoms with van der Waals surface area (Å²) in [6.07, 6.45) is 1.43. The van der Waals surface area contributed by atoms with Crippen molar-refractivity contribution in [2.24, 2.45) is 0 Å². The van der Waals surface area contributed by atoms with Crippen molar-refractivity contribution < 1.29 is 4.79 Å². The highest BCUT2D eigenvalue weighted by Crippen LogP contribution is 2.22. The molecule has 0 atom stereocenters. The topological polar surface area (TPSA) is 53.2 Å². The molecule has 2 aromatic rings. The number of aromatic nitrogens is 1. The van der Waals surface area contributed by atoms with E-state index in [0.29, 0.717) is 22.3 Å². The van der Waals surface area contributed by atoms with Gasteiger partial charge >= 0.3 is 0 Å². The van der Waals surface area contributed by atoms with Crippen LogP contribution in [0.2, 0.25) is 10.0 Å². The number of rotatable bonds is 3. The zero-order valence-electron chi connectivity index (χ0n) is 11.6. The third-order valence-corrected chi connectivity index (χ3v) is 3.64. The van der Waals surface area contributed by atoms with Crippen molar-refractivity contribution in [2.75, 3.05) is 7.05 Å². The van der Waals surface area contributed by atoms with E-state index in [2.05, 4.69) is 4.98 Å².